The van der Waals surface area contributed by atoms with Crippen molar-refractivity contribution in [3.05, 3.63) is 29.1 Å². The van der Waals surface area contributed by atoms with Gasteiger partial charge in [-0.2, -0.15) is 0 Å². The molecule has 1 saturated heterocycles. The second-order valence-electron chi connectivity index (χ2n) is 7.99. The minimum Gasteiger partial charge on any atom is -0.440 e. The Morgan fingerprint density at radius 1 is 1.22 bits per heavy atom. The minimum atomic E-state index is -0.0738. The van der Waals surface area contributed by atoms with Gasteiger partial charge in [0.25, 0.3) is 0 Å². The molecule has 1 aliphatic carbocycles. The van der Waals surface area contributed by atoms with Crippen LogP contribution in [0.5, 0.6) is 0 Å². The molecule has 2 aliphatic rings. The summed E-state index contributed by atoms with van der Waals surface area (Å²) >= 11 is 6.04. The van der Waals surface area contributed by atoms with E-state index in [1.165, 1.54) is 19.3 Å². The Balaban J connectivity index is 1.32. The van der Waals surface area contributed by atoms with Crippen molar-refractivity contribution in [2.45, 2.75) is 69.9 Å². The second kappa shape index (κ2) is 8.19. The maximum atomic E-state index is 12.6. The summed E-state index contributed by atoms with van der Waals surface area (Å²) in [6.45, 7) is 3.81. The monoisotopic (exact) mass is 389 g/mol. The molecule has 1 aromatic carbocycles. The molecule has 5 nitrogen and oxygen atoms in total. The third-order valence-corrected chi connectivity index (χ3v) is 6.36. The van der Waals surface area contributed by atoms with Crippen molar-refractivity contribution >= 4 is 28.6 Å². The topological polar surface area (TPSA) is 58.4 Å². The van der Waals surface area contributed by atoms with Gasteiger partial charge in [0.05, 0.1) is 6.04 Å². The Kier molecular flexibility index (Phi) is 5.69. The Morgan fingerprint density at radius 2 is 1.96 bits per heavy atom. The van der Waals surface area contributed by atoms with Crippen LogP contribution >= 0.6 is 11.6 Å². The SMILES string of the molecule is CC(C(=O)NC1CCCCC1)N1CCC(c2nc3cc(Cl)ccc3o2)CC1. The first-order chi connectivity index (χ1) is 13.1. The van der Waals surface area contributed by atoms with Gasteiger partial charge in [0.2, 0.25) is 5.91 Å². The van der Waals surface area contributed by atoms with Crippen LogP contribution in [0.25, 0.3) is 11.1 Å². The van der Waals surface area contributed by atoms with Crippen molar-refractivity contribution < 1.29 is 9.21 Å². The molecule has 1 aromatic heterocycles. The fraction of sp³-hybridized carbons (Fsp3) is 0.619. The van der Waals surface area contributed by atoms with Crippen LogP contribution in [0.15, 0.2) is 22.6 Å². The first-order valence-corrected chi connectivity index (χ1v) is 10.6. The minimum absolute atomic E-state index is 0.0738. The quantitative estimate of drug-likeness (QED) is 0.836. The summed E-state index contributed by atoms with van der Waals surface area (Å²) in [7, 11) is 0. The summed E-state index contributed by atoms with van der Waals surface area (Å²) in [5, 5.41) is 3.93. The number of nitrogens with zero attached hydrogens (tertiary/aromatic N) is 2. The van der Waals surface area contributed by atoms with Gasteiger partial charge in [0, 0.05) is 17.0 Å². The summed E-state index contributed by atoms with van der Waals surface area (Å²) < 4.78 is 5.94. The average Bonchev–Trinajstić information content (AvgIpc) is 3.11. The zero-order chi connectivity index (χ0) is 18.8. The van der Waals surface area contributed by atoms with Crippen LogP contribution in [0.1, 0.15) is 63.7 Å². The van der Waals surface area contributed by atoms with E-state index in [0.717, 1.165) is 55.8 Å². The lowest BCUT2D eigenvalue weighted by atomic mass is 9.94. The molecular formula is C21H28ClN3O2. The summed E-state index contributed by atoms with van der Waals surface area (Å²) in [5.41, 5.74) is 1.61. The number of carbonyl (C=O) groups excluding carboxylic acids is 1. The van der Waals surface area contributed by atoms with Crippen LogP contribution in [0, 0.1) is 0 Å². The molecule has 1 aliphatic heterocycles. The number of fused-ring (bicyclic) bond motifs is 1. The Labute approximate surface area is 165 Å². The molecule has 2 fully saturated rings. The van der Waals surface area contributed by atoms with E-state index in [9.17, 15) is 4.79 Å². The maximum Gasteiger partial charge on any atom is 0.237 e. The normalized spacial score (nSPS) is 21.4. The number of benzene rings is 1. The zero-order valence-electron chi connectivity index (χ0n) is 15.9. The summed E-state index contributed by atoms with van der Waals surface area (Å²) in [5.74, 6) is 1.28. The van der Waals surface area contributed by atoms with Crippen LogP contribution in [0.4, 0.5) is 0 Å². The third kappa shape index (κ3) is 4.30. The number of aromatic nitrogens is 1. The van der Waals surface area contributed by atoms with E-state index in [0.29, 0.717) is 17.0 Å². The lowest BCUT2D eigenvalue weighted by Gasteiger charge is -2.35. The van der Waals surface area contributed by atoms with Crippen molar-refractivity contribution in [3.8, 4) is 0 Å². The van der Waals surface area contributed by atoms with Gasteiger partial charge in [-0.1, -0.05) is 30.9 Å². The predicted molar refractivity (Wildman–Crippen MR) is 107 cm³/mol. The first-order valence-electron chi connectivity index (χ1n) is 10.2. The highest BCUT2D eigenvalue weighted by atomic mass is 35.5. The number of hydrogen-bond acceptors (Lipinski definition) is 4. The van der Waals surface area contributed by atoms with E-state index in [2.05, 4.69) is 15.2 Å². The van der Waals surface area contributed by atoms with E-state index >= 15 is 0 Å². The Morgan fingerprint density at radius 3 is 2.70 bits per heavy atom. The van der Waals surface area contributed by atoms with Gasteiger partial charge in [-0.25, -0.2) is 4.98 Å². The molecule has 146 valence electrons. The molecule has 1 amide bonds. The van der Waals surface area contributed by atoms with Crippen LogP contribution in [-0.2, 0) is 4.79 Å². The number of nitrogens with one attached hydrogen (secondary N) is 1. The van der Waals surface area contributed by atoms with Gasteiger partial charge in [-0.15, -0.1) is 0 Å². The molecule has 4 rings (SSSR count). The zero-order valence-corrected chi connectivity index (χ0v) is 16.7. The van der Waals surface area contributed by atoms with Gasteiger partial charge in [0.15, 0.2) is 11.5 Å². The fourth-order valence-corrected chi connectivity index (χ4v) is 4.53. The van der Waals surface area contributed by atoms with Gasteiger partial charge in [-0.3, -0.25) is 9.69 Å². The number of rotatable bonds is 4. The van der Waals surface area contributed by atoms with Crippen molar-refractivity contribution in [2.24, 2.45) is 0 Å². The van der Waals surface area contributed by atoms with E-state index < -0.39 is 0 Å². The van der Waals surface area contributed by atoms with E-state index in [1.807, 2.05) is 25.1 Å². The number of amides is 1. The molecule has 1 unspecified atom stereocenters. The van der Waals surface area contributed by atoms with Gasteiger partial charge >= 0.3 is 0 Å². The maximum absolute atomic E-state index is 12.6. The van der Waals surface area contributed by atoms with Gasteiger partial charge in [0.1, 0.15) is 5.52 Å². The van der Waals surface area contributed by atoms with Crippen LogP contribution in [0.2, 0.25) is 5.02 Å². The number of halogens is 1. The fourth-order valence-electron chi connectivity index (χ4n) is 4.36. The summed E-state index contributed by atoms with van der Waals surface area (Å²) in [6, 6.07) is 5.85. The van der Waals surface area contributed by atoms with E-state index in [4.69, 9.17) is 16.0 Å². The summed E-state index contributed by atoms with van der Waals surface area (Å²) in [6.07, 6.45) is 7.95. The number of hydrogen-bond donors (Lipinski definition) is 1. The van der Waals surface area contributed by atoms with Crippen LogP contribution < -0.4 is 5.32 Å². The lowest BCUT2D eigenvalue weighted by molar-refractivity contribution is -0.127. The van der Waals surface area contributed by atoms with Crippen molar-refractivity contribution in [3.63, 3.8) is 0 Å². The molecular weight excluding hydrogens is 362 g/mol. The van der Waals surface area contributed by atoms with Crippen molar-refractivity contribution in [1.29, 1.82) is 0 Å². The molecule has 0 spiro atoms. The van der Waals surface area contributed by atoms with Crippen LogP contribution in [-0.4, -0.2) is 41.0 Å². The first kappa shape index (κ1) is 18.8. The van der Waals surface area contributed by atoms with Crippen molar-refractivity contribution in [2.75, 3.05) is 13.1 Å². The molecule has 1 N–H and O–H groups in total. The highest BCUT2D eigenvalue weighted by Crippen LogP contribution is 2.31. The number of carbonyl (C=O) groups is 1. The molecule has 0 radical (unpaired) electrons. The van der Waals surface area contributed by atoms with Gasteiger partial charge in [-0.05, 0) is 63.9 Å². The second-order valence-corrected chi connectivity index (χ2v) is 8.43. The highest BCUT2D eigenvalue weighted by Gasteiger charge is 2.30. The highest BCUT2D eigenvalue weighted by molar-refractivity contribution is 6.31. The predicted octanol–water partition coefficient (Wildman–Crippen LogP) is 4.50. The van der Waals surface area contributed by atoms with Crippen molar-refractivity contribution in [1.82, 2.24) is 15.2 Å². The van der Waals surface area contributed by atoms with E-state index in [1.54, 1.807) is 0 Å². The Hall–Kier alpha value is -1.59. The number of likely N-dealkylation sites (tertiary alicyclic amines) is 1. The molecule has 1 atom stereocenters. The number of oxazole rings is 1. The standard InChI is InChI=1S/C21H28ClN3O2/c1-14(20(26)23-17-5-3-2-4-6-17)25-11-9-15(10-12-25)21-24-18-13-16(22)7-8-19(18)27-21/h7-8,13-15,17H,2-6,9-12H2,1H3,(H,23,26). The molecule has 2 heterocycles. The lowest BCUT2D eigenvalue weighted by Crippen LogP contribution is -2.50. The largest absolute Gasteiger partial charge is 0.440 e. The van der Waals surface area contributed by atoms with Crippen LogP contribution in [0.3, 0.4) is 0 Å². The van der Waals surface area contributed by atoms with E-state index in [-0.39, 0.29) is 11.9 Å². The third-order valence-electron chi connectivity index (χ3n) is 6.12. The molecule has 2 aromatic rings. The molecule has 1 saturated carbocycles. The molecule has 0 bridgehead atoms. The average molecular weight is 390 g/mol. The smallest absolute Gasteiger partial charge is 0.237 e. The number of piperidine rings is 1. The molecule has 6 heteroatoms. The molecule has 27 heavy (non-hydrogen) atoms. The summed E-state index contributed by atoms with van der Waals surface area (Å²) in [4.78, 5) is 19.5. The Bertz CT molecular complexity index is 792. The van der Waals surface area contributed by atoms with Gasteiger partial charge < -0.3 is 9.73 Å².